The molecule has 0 aliphatic carbocycles. The SMILES string of the molecule is O=COc1ccncc1.c1ccc2ncccc2c1. The minimum Gasteiger partial charge on any atom is -0.429 e. The summed E-state index contributed by atoms with van der Waals surface area (Å²) in [4.78, 5) is 17.6. The second kappa shape index (κ2) is 6.86. The first-order valence-corrected chi connectivity index (χ1v) is 5.70. The van der Waals surface area contributed by atoms with E-state index in [2.05, 4.69) is 26.8 Å². The quantitative estimate of drug-likeness (QED) is 0.658. The standard InChI is InChI=1S/C9H7N.C6H5NO2/c1-2-6-9-8(4-1)5-3-7-10-9;8-5-9-6-1-3-7-4-2-6/h1-7H;1-5H. The van der Waals surface area contributed by atoms with E-state index in [1.54, 1.807) is 24.5 Å². The van der Waals surface area contributed by atoms with E-state index in [-0.39, 0.29) is 0 Å². The Bertz CT molecular complexity index is 576. The molecular formula is C15H12N2O2. The molecule has 3 aromatic rings. The first kappa shape index (κ1) is 12.7. The van der Waals surface area contributed by atoms with Crippen LogP contribution in [0.15, 0.2) is 67.1 Å². The zero-order valence-electron chi connectivity index (χ0n) is 10.1. The Morgan fingerprint density at radius 2 is 1.63 bits per heavy atom. The molecule has 0 aliphatic rings. The predicted molar refractivity (Wildman–Crippen MR) is 72.7 cm³/mol. The van der Waals surface area contributed by atoms with Crippen LogP contribution >= 0.6 is 0 Å². The highest BCUT2D eigenvalue weighted by molar-refractivity contribution is 5.77. The zero-order chi connectivity index (χ0) is 13.3. The lowest BCUT2D eigenvalue weighted by molar-refractivity contribution is -0.120. The fraction of sp³-hybridized carbons (Fsp3) is 0. The maximum Gasteiger partial charge on any atom is 0.298 e. The molecule has 4 nitrogen and oxygen atoms in total. The number of benzene rings is 1. The smallest absolute Gasteiger partial charge is 0.298 e. The molecule has 3 rings (SSSR count). The van der Waals surface area contributed by atoms with Crippen molar-refractivity contribution in [2.75, 3.05) is 0 Å². The number of para-hydroxylation sites is 1. The van der Waals surface area contributed by atoms with Crippen LogP contribution in [-0.4, -0.2) is 16.4 Å². The van der Waals surface area contributed by atoms with E-state index in [0.29, 0.717) is 12.2 Å². The van der Waals surface area contributed by atoms with Crippen molar-refractivity contribution in [3.8, 4) is 5.75 Å². The molecule has 0 amide bonds. The van der Waals surface area contributed by atoms with Crippen molar-refractivity contribution in [1.29, 1.82) is 0 Å². The Kier molecular flexibility index (Phi) is 4.58. The summed E-state index contributed by atoms with van der Waals surface area (Å²) in [7, 11) is 0. The summed E-state index contributed by atoms with van der Waals surface area (Å²) in [6.07, 6.45) is 4.92. The predicted octanol–water partition coefficient (Wildman–Crippen LogP) is 2.85. The fourth-order valence-corrected chi connectivity index (χ4v) is 1.49. The molecular weight excluding hydrogens is 240 g/mol. The van der Waals surface area contributed by atoms with E-state index in [1.807, 2.05) is 30.5 Å². The minimum atomic E-state index is 0.384. The number of pyridine rings is 2. The second-order valence-electron chi connectivity index (χ2n) is 3.59. The van der Waals surface area contributed by atoms with Gasteiger partial charge in [-0.1, -0.05) is 24.3 Å². The van der Waals surface area contributed by atoms with Gasteiger partial charge in [-0.05, 0) is 24.3 Å². The van der Waals surface area contributed by atoms with Gasteiger partial charge in [-0.3, -0.25) is 14.8 Å². The Morgan fingerprint density at radius 3 is 2.37 bits per heavy atom. The first-order chi connectivity index (χ1) is 9.40. The van der Waals surface area contributed by atoms with Crippen molar-refractivity contribution in [2.45, 2.75) is 0 Å². The van der Waals surface area contributed by atoms with Crippen LogP contribution in [0.5, 0.6) is 5.75 Å². The van der Waals surface area contributed by atoms with Crippen molar-refractivity contribution in [2.24, 2.45) is 0 Å². The third-order valence-electron chi connectivity index (χ3n) is 2.35. The Labute approximate surface area is 110 Å². The molecule has 4 heteroatoms. The highest BCUT2D eigenvalue weighted by Gasteiger charge is 1.86. The number of carbonyl (C=O) groups is 1. The van der Waals surface area contributed by atoms with Gasteiger partial charge >= 0.3 is 0 Å². The zero-order valence-corrected chi connectivity index (χ0v) is 10.1. The summed E-state index contributed by atoms with van der Waals surface area (Å²) < 4.78 is 4.49. The van der Waals surface area contributed by atoms with Gasteiger partial charge in [0.05, 0.1) is 5.52 Å². The van der Waals surface area contributed by atoms with Gasteiger partial charge in [0.25, 0.3) is 6.47 Å². The second-order valence-corrected chi connectivity index (χ2v) is 3.59. The Balaban J connectivity index is 0.000000141. The molecule has 0 bridgehead atoms. The number of fused-ring (bicyclic) bond motifs is 1. The van der Waals surface area contributed by atoms with Gasteiger partial charge in [-0.15, -0.1) is 0 Å². The van der Waals surface area contributed by atoms with Gasteiger partial charge in [0.1, 0.15) is 5.75 Å². The maximum absolute atomic E-state index is 9.73. The van der Waals surface area contributed by atoms with Crippen molar-refractivity contribution >= 4 is 17.4 Å². The molecule has 1 aromatic carbocycles. The number of nitrogens with zero attached hydrogens (tertiary/aromatic N) is 2. The average molecular weight is 252 g/mol. The van der Waals surface area contributed by atoms with Crippen LogP contribution in [0.4, 0.5) is 0 Å². The third-order valence-corrected chi connectivity index (χ3v) is 2.35. The van der Waals surface area contributed by atoms with Crippen molar-refractivity contribution in [3.05, 3.63) is 67.1 Å². The van der Waals surface area contributed by atoms with Crippen molar-refractivity contribution in [3.63, 3.8) is 0 Å². The lowest BCUT2D eigenvalue weighted by Crippen LogP contribution is -1.86. The number of rotatable bonds is 2. The molecule has 0 spiro atoms. The molecule has 0 saturated carbocycles. The van der Waals surface area contributed by atoms with Crippen LogP contribution < -0.4 is 4.74 Å². The molecule has 0 unspecified atom stereocenters. The summed E-state index contributed by atoms with van der Waals surface area (Å²) in [5.41, 5.74) is 1.06. The van der Waals surface area contributed by atoms with E-state index in [0.717, 1.165) is 5.52 Å². The molecule has 94 valence electrons. The molecule has 0 saturated heterocycles. The average Bonchev–Trinajstić information content (AvgIpc) is 2.50. The molecule has 2 aromatic heterocycles. The van der Waals surface area contributed by atoms with Crippen LogP contribution in [0.25, 0.3) is 10.9 Å². The van der Waals surface area contributed by atoms with E-state index >= 15 is 0 Å². The van der Waals surface area contributed by atoms with Crippen LogP contribution in [0.3, 0.4) is 0 Å². The number of hydrogen-bond donors (Lipinski definition) is 0. The molecule has 0 N–H and O–H groups in total. The topological polar surface area (TPSA) is 52.1 Å². The van der Waals surface area contributed by atoms with E-state index in [1.165, 1.54) is 5.39 Å². The van der Waals surface area contributed by atoms with Gasteiger partial charge in [-0.2, -0.15) is 0 Å². The Hall–Kier alpha value is -2.75. The fourth-order valence-electron chi connectivity index (χ4n) is 1.49. The van der Waals surface area contributed by atoms with Gasteiger partial charge in [0.15, 0.2) is 0 Å². The van der Waals surface area contributed by atoms with Gasteiger partial charge in [0.2, 0.25) is 0 Å². The van der Waals surface area contributed by atoms with Gasteiger partial charge in [0, 0.05) is 24.0 Å². The molecule has 2 heterocycles. The largest absolute Gasteiger partial charge is 0.429 e. The third kappa shape index (κ3) is 3.89. The summed E-state index contributed by atoms with van der Waals surface area (Å²) in [6, 6.07) is 15.3. The van der Waals surface area contributed by atoms with E-state index < -0.39 is 0 Å². The molecule has 0 radical (unpaired) electrons. The van der Waals surface area contributed by atoms with Crippen LogP contribution in [0.2, 0.25) is 0 Å². The molecule has 0 fully saturated rings. The first-order valence-electron chi connectivity index (χ1n) is 5.70. The van der Waals surface area contributed by atoms with Crippen molar-refractivity contribution in [1.82, 2.24) is 9.97 Å². The lowest BCUT2D eigenvalue weighted by Gasteiger charge is -1.91. The van der Waals surface area contributed by atoms with Crippen LogP contribution in [0, 0.1) is 0 Å². The van der Waals surface area contributed by atoms with E-state index in [9.17, 15) is 4.79 Å². The number of carbonyl (C=O) groups excluding carboxylic acids is 1. The van der Waals surface area contributed by atoms with Gasteiger partial charge in [-0.25, -0.2) is 0 Å². The summed E-state index contributed by atoms with van der Waals surface area (Å²) in [6.45, 7) is 0.384. The minimum absolute atomic E-state index is 0.384. The molecule has 0 aliphatic heterocycles. The lowest BCUT2D eigenvalue weighted by atomic mass is 10.2. The monoisotopic (exact) mass is 252 g/mol. The van der Waals surface area contributed by atoms with Crippen molar-refractivity contribution < 1.29 is 9.53 Å². The highest BCUT2D eigenvalue weighted by atomic mass is 16.5. The summed E-state index contributed by atoms with van der Waals surface area (Å²) in [5, 5.41) is 1.20. The maximum atomic E-state index is 9.73. The summed E-state index contributed by atoms with van der Waals surface area (Å²) in [5.74, 6) is 0.514. The normalized spacial score (nSPS) is 9.26. The molecule has 0 atom stereocenters. The van der Waals surface area contributed by atoms with E-state index in [4.69, 9.17) is 0 Å². The number of aromatic nitrogens is 2. The number of hydrogen-bond acceptors (Lipinski definition) is 4. The van der Waals surface area contributed by atoms with Crippen LogP contribution in [0.1, 0.15) is 0 Å². The summed E-state index contributed by atoms with van der Waals surface area (Å²) >= 11 is 0. The molecule has 19 heavy (non-hydrogen) atoms. The van der Waals surface area contributed by atoms with Gasteiger partial charge < -0.3 is 4.74 Å². The Morgan fingerprint density at radius 1 is 0.895 bits per heavy atom. The highest BCUT2D eigenvalue weighted by Crippen LogP contribution is 2.08. The number of ether oxygens (including phenoxy) is 1. The van der Waals surface area contributed by atoms with Crippen LogP contribution in [-0.2, 0) is 4.79 Å².